The number of aromatic nitrogens is 2. The SMILES string of the molecule is CCCCCNc1cc(C(=O)Nc2ccc(Cl)cc2Cl)ncn1. The second-order valence-corrected chi connectivity index (χ2v) is 5.84. The zero-order valence-corrected chi connectivity index (χ0v) is 14.3. The van der Waals surface area contributed by atoms with E-state index in [2.05, 4.69) is 27.5 Å². The summed E-state index contributed by atoms with van der Waals surface area (Å²) in [5, 5.41) is 6.77. The first-order valence-corrected chi connectivity index (χ1v) is 8.18. The van der Waals surface area contributed by atoms with E-state index in [1.54, 1.807) is 24.3 Å². The predicted molar refractivity (Wildman–Crippen MR) is 94.5 cm³/mol. The first-order valence-electron chi connectivity index (χ1n) is 7.42. The van der Waals surface area contributed by atoms with E-state index in [0.29, 0.717) is 21.6 Å². The lowest BCUT2D eigenvalue weighted by atomic mass is 10.2. The number of unbranched alkanes of at least 4 members (excludes halogenated alkanes) is 2. The molecular weight excluding hydrogens is 335 g/mol. The molecule has 23 heavy (non-hydrogen) atoms. The fourth-order valence-corrected chi connectivity index (χ4v) is 2.40. The van der Waals surface area contributed by atoms with E-state index in [1.165, 1.54) is 6.33 Å². The molecule has 0 unspecified atom stereocenters. The van der Waals surface area contributed by atoms with Crippen LogP contribution in [0.15, 0.2) is 30.6 Å². The maximum Gasteiger partial charge on any atom is 0.274 e. The van der Waals surface area contributed by atoms with Crippen LogP contribution in [0, 0.1) is 0 Å². The quantitative estimate of drug-likeness (QED) is 0.712. The molecule has 1 amide bonds. The van der Waals surface area contributed by atoms with E-state index in [0.717, 1.165) is 25.8 Å². The third kappa shape index (κ3) is 5.37. The van der Waals surface area contributed by atoms with Crippen molar-refractivity contribution in [1.82, 2.24) is 9.97 Å². The Kier molecular flexibility index (Phi) is 6.62. The van der Waals surface area contributed by atoms with Crippen LogP contribution in [0.2, 0.25) is 10.0 Å². The highest BCUT2D eigenvalue weighted by atomic mass is 35.5. The summed E-state index contributed by atoms with van der Waals surface area (Å²) in [6.07, 6.45) is 4.73. The maximum atomic E-state index is 12.3. The Bertz CT molecular complexity index is 679. The van der Waals surface area contributed by atoms with Gasteiger partial charge in [0.05, 0.1) is 10.7 Å². The molecule has 122 valence electrons. The van der Waals surface area contributed by atoms with Crippen LogP contribution in [0.3, 0.4) is 0 Å². The molecule has 2 aromatic rings. The molecule has 7 heteroatoms. The molecule has 2 N–H and O–H groups in total. The van der Waals surface area contributed by atoms with Crippen molar-refractivity contribution in [2.24, 2.45) is 0 Å². The summed E-state index contributed by atoms with van der Waals surface area (Å²) in [7, 11) is 0. The summed E-state index contributed by atoms with van der Waals surface area (Å²) >= 11 is 11.9. The van der Waals surface area contributed by atoms with Gasteiger partial charge in [0.25, 0.3) is 5.91 Å². The lowest BCUT2D eigenvalue weighted by Crippen LogP contribution is -2.15. The van der Waals surface area contributed by atoms with E-state index in [-0.39, 0.29) is 11.6 Å². The number of hydrogen-bond acceptors (Lipinski definition) is 4. The molecule has 1 aromatic heterocycles. The van der Waals surface area contributed by atoms with Crippen molar-refractivity contribution in [2.75, 3.05) is 17.2 Å². The fourth-order valence-electron chi connectivity index (χ4n) is 1.95. The Hall–Kier alpha value is -1.85. The van der Waals surface area contributed by atoms with Gasteiger partial charge in [0, 0.05) is 17.6 Å². The van der Waals surface area contributed by atoms with Crippen molar-refractivity contribution >= 4 is 40.6 Å². The van der Waals surface area contributed by atoms with Crippen LogP contribution in [0.5, 0.6) is 0 Å². The highest BCUT2D eigenvalue weighted by Crippen LogP contribution is 2.25. The molecule has 0 aliphatic heterocycles. The minimum Gasteiger partial charge on any atom is -0.370 e. The van der Waals surface area contributed by atoms with Gasteiger partial charge in [-0.3, -0.25) is 4.79 Å². The van der Waals surface area contributed by atoms with E-state index in [9.17, 15) is 4.79 Å². The standard InChI is InChI=1S/C16H18Cl2N4O/c1-2-3-4-7-19-15-9-14(20-10-21-15)16(23)22-13-6-5-11(17)8-12(13)18/h5-6,8-10H,2-4,7H2,1H3,(H,22,23)(H,19,20,21). The third-order valence-corrected chi connectivity index (χ3v) is 3.71. The Morgan fingerprint density at radius 1 is 1.17 bits per heavy atom. The average molecular weight is 353 g/mol. The number of amides is 1. The molecule has 1 heterocycles. The Labute approximate surface area is 145 Å². The van der Waals surface area contributed by atoms with E-state index >= 15 is 0 Å². The topological polar surface area (TPSA) is 66.9 Å². The molecule has 0 aliphatic carbocycles. The molecule has 1 aromatic carbocycles. The number of carbonyl (C=O) groups excluding carboxylic acids is 1. The lowest BCUT2D eigenvalue weighted by molar-refractivity contribution is 0.102. The fraction of sp³-hybridized carbons (Fsp3) is 0.312. The number of nitrogens with zero attached hydrogens (tertiary/aromatic N) is 2. The number of rotatable bonds is 7. The Morgan fingerprint density at radius 2 is 2.00 bits per heavy atom. The largest absolute Gasteiger partial charge is 0.370 e. The van der Waals surface area contributed by atoms with Crippen LogP contribution in [0.25, 0.3) is 0 Å². The summed E-state index contributed by atoms with van der Waals surface area (Å²) in [5.41, 5.74) is 0.751. The Morgan fingerprint density at radius 3 is 2.74 bits per heavy atom. The van der Waals surface area contributed by atoms with E-state index in [4.69, 9.17) is 23.2 Å². The summed E-state index contributed by atoms with van der Waals surface area (Å²) < 4.78 is 0. The van der Waals surface area contributed by atoms with Crippen molar-refractivity contribution in [3.05, 3.63) is 46.3 Å². The monoisotopic (exact) mass is 352 g/mol. The van der Waals surface area contributed by atoms with E-state index in [1.807, 2.05) is 0 Å². The normalized spacial score (nSPS) is 10.4. The second kappa shape index (κ2) is 8.70. The molecule has 0 fully saturated rings. The smallest absolute Gasteiger partial charge is 0.274 e. The van der Waals surface area contributed by atoms with Crippen molar-refractivity contribution in [3.8, 4) is 0 Å². The minimum atomic E-state index is -0.353. The highest BCUT2D eigenvalue weighted by molar-refractivity contribution is 6.36. The van der Waals surface area contributed by atoms with Gasteiger partial charge in [-0.2, -0.15) is 0 Å². The third-order valence-electron chi connectivity index (χ3n) is 3.17. The van der Waals surface area contributed by atoms with Crippen LogP contribution in [-0.2, 0) is 0 Å². The predicted octanol–water partition coefficient (Wildman–Crippen LogP) is 4.64. The van der Waals surface area contributed by atoms with Gasteiger partial charge in [0.2, 0.25) is 0 Å². The van der Waals surface area contributed by atoms with Crippen LogP contribution in [0.4, 0.5) is 11.5 Å². The van der Waals surface area contributed by atoms with E-state index < -0.39 is 0 Å². The molecule has 0 atom stereocenters. The van der Waals surface area contributed by atoms with Gasteiger partial charge in [0.15, 0.2) is 0 Å². The minimum absolute atomic E-state index is 0.268. The van der Waals surface area contributed by atoms with Gasteiger partial charge < -0.3 is 10.6 Å². The molecule has 0 saturated heterocycles. The molecule has 0 aliphatic rings. The number of benzene rings is 1. The van der Waals surface area contributed by atoms with Gasteiger partial charge in [-0.05, 0) is 24.6 Å². The number of hydrogen-bond donors (Lipinski definition) is 2. The van der Waals surface area contributed by atoms with Crippen LogP contribution >= 0.6 is 23.2 Å². The number of nitrogens with one attached hydrogen (secondary N) is 2. The van der Waals surface area contributed by atoms with Crippen LogP contribution in [-0.4, -0.2) is 22.4 Å². The molecule has 2 rings (SSSR count). The molecule has 0 saturated carbocycles. The molecular formula is C16H18Cl2N4O. The molecule has 5 nitrogen and oxygen atoms in total. The van der Waals surface area contributed by atoms with Gasteiger partial charge in [-0.1, -0.05) is 43.0 Å². The zero-order chi connectivity index (χ0) is 16.7. The molecule has 0 bridgehead atoms. The van der Waals surface area contributed by atoms with Crippen molar-refractivity contribution in [2.45, 2.75) is 26.2 Å². The highest BCUT2D eigenvalue weighted by Gasteiger charge is 2.11. The van der Waals surface area contributed by atoms with Crippen LogP contribution < -0.4 is 10.6 Å². The van der Waals surface area contributed by atoms with Gasteiger partial charge in [-0.25, -0.2) is 9.97 Å². The summed E-state index contributed by atoms with van der Waals surface area (Å²) in [6.45, 7) is 2.96. The molecule has 0 radical (unpaired) electrons. The Balaban J connectivity index is 2.01. The summed E-state index contributed by atoms with van der Waals surface area (Å²) in [4.78, 5) is 20.4. The summed E-state index contributed by atoms with van der Waals surface area (Å²) in [5.74, 6) is 0.275. The van der Waals surface area contributed by atoms with Gasteiger partial charge in [0.1, 0.15) is 17.8 Å². The lowest BCUT2D eigenvalue weighted by Gasteiger charge is -2.08. The van der Waals surface area contributed by atoms with Crippen LogP contribution in [0.1, 0.15) is 36.7 Å². The molecule has 0 spiro atoms. The van der Waals surface area contributed by atoms with Gasteiger partial charge in [-0.15, -0.1) is 0 Å². The van der Waals surface area contributed by atoms with Crippen molar-refractivity contribution in [1.29, 1.82) is 0 Å². The first-order chi connectivity index (χ1) is 11.1. The number of halogens is 2. The van der Waals surface area contributed by atoms with Crippen molar-refractivity contribution in [3.63, 3.8) is 0 Å². The average Bonchev–Trinajstić information content (AvgIpc) is 2.54. The summed E-state index contributed by atoms with van der Waals surface area (Å²) in [6, 6.07) is 6.49. The maximum absolute atomic E-state index is 12.3. The first kappa shape index (κ1) is 17.5. The number of anilines is 2. The zero-order valence-electron chi connectivity index (χ0n) is 12.8. The van der Waals surface area contributed by atoms with Gasteiger partial charge >= 0.3 is 0 Å². The van der Waals surface area contributed by atoms with Crippen molar-refractivity contribution < 1.29 is 4.79 Å². The second-order valence-electron chi connectivity index (χ2n) is 5.00. The number of carbonyl (C=O) groups is 1.